The Balaban J connectivity index is 2.39. The van der Waals surface area contributed by atoms with Gasteiger partial charge in [0.05, 0.1) is 0 Å². The highest BCUT2D eigenvalue weighted by atomic mass is 35.5. The minimum Gasteiger partial charge on any atom is -0.330 e. The van der Waals surface area contributed by atoms with Gasteiger partial charge in [-0.25, -0.2) is 4.98 Å². The van der Waals surface area contributed by atoms with Gasteiger partial charge in [-0.2, -0.15) is 0 Å². The van der Waals surface area contributed by atoms with Crippen LogP contribution in [0.5, 0.6) is 0 Å². The van der Waals surface area contributed by atoms with Gasteiger partial charge in [0.2, 0.25) is 0 Å². The number of pyridine rings is 1. The number of rotatable bonds is 2. The first-order chi connectivity index (χ1) is 6.66. The molecular formula is C11H15ClN2. The van der Waals surface area contributed by atoms with E-state index in [0.29, 0.717) is 11.7 Å². The molecule has 0 spiro atoms. The summed E-state index contributed by atoms with van der Waals surface area (Å²) in [6, 6.07) is 4.07. The topological polar surface area (TPSA) is 38.9 Å². The van der Waals surface area contributed by atoms with Gasteiger partial charge >= 0.3 is 0 Å². The zero-order valence-electron chi connectivity index (χ0n) is 8.39. The Morgan fingerprint density at radius 2 is 2.21 bits per heavy atom. The van der Waals surface area contributed by atoms with E-state index in [2.05, 4.69) is 11.1 Å². The molecule has 14 heavy (non-hydrogen) atoms. The second kappa shape index (κ2) is 3.52. The van der Waals surface area contributed by atoms with Crippen LogP contribution < -0.4 is 5.73 Å². The lowest BCUT2D eigenvalue weighted by atomic mass is 9.64. The lowest BCUT2D eigenvalue weighted by molar-refractivity contribution is 0.253. The van der Waals surface area contributed by atoms with E-state index < -0.39 is 0 Å². The molecule has 0 radical (unpaired) electrons. The third-order valence-corrected chi connectivity index (χ3v) is 3.43. The van der Waals surface area contributed by atoms with Crippen molar-refractivity contribution in [2.24, 2.45) is 5.73 Å². The van der Waals surface area contributed by atoms with E-state index in [0.717, 1.165) is 5.69 Å². The average Bonchev–Trinajstić information content (AvgIpc) is 2.01. The van der Waals surface area contributed by atoms with Crippen molar-refractivity contribution in [3.63, 3.8) is 0 Å². The normalized spacial score (nSPS) is 19.1. The number of aromatic nitrogens is 1. The number of halogens is 1. The Hall–Kier alpha value is -0.600. The van der Waals surface area contributed by atoms with Gasteiger partial charge in [0.1, 0.15) is 5.15 Å². The molecule has 1 aliphatic carbocycles. The van der Waals surface area contributed by atoms with Crippen LogP contribution in [-0.4, -0.2) is 11.5 Å². The van der Waals surface area contributed by atoms with Crippen molar-refractivity contribution in [1.82, 2.24) is 4.98 Å². The molecule has 0 atom stereocenters. The summed E-state index contributed by atoms with van der Waals surface area (Å²) in [6.07, 6.45) is 3.64. The molecule has 1 fully saturated rings. The zero-order chi connectivity index (χ0) is 10.2. The largest absolute Gasteiger partial charge is 0.330 e. The average molecular weight is 211 g/mol. The number of aryl methyl sites for hydroxylation is 1. The molecule has 1 aromatic rings. The van der Waals surface area contributed by atoms with Crippen LogP contribution in [0.2, 0.25) is 5.15 Å². The van der Waals surface area contributed by atoms with Gasteiger partial charge in [-0.3, -0.25) is 0 Å². The first-order valence-corrected chi connectivity index (χ1v) is 5.39. The molecule has 0 bridgehead atoms. The first kappa shape index (κ1) is 9.94. The molecule has 76 valence electrons. The summed E-state index contributed by atoms with van der Waals surface area (Å²) in [7, 11) is 0. The zero-order valence-corrected chi connectivity index (χ0v) is 9.14. The lowest BCUT2D eigenvalue weighted by Gasteiger charge is -2.41. The smallest absolute Gasteiger partial charge is 0.129 e. The minimum atomic E-state index is 0.192. The Morgan fingerprint density at radius 3 is 2.64 bits per heavy atom. The van der Waals surface area contributed by atoms with Crippen molar-refractivity contribution in [2.75, 3.05) is 6.54 Å². The van der Waals surface area contributed by atoms with Gasteiger partial charge in [0, 0.05) is 17.7 Å². The standard InChI is InChI=1S/C11H15ClN2/c1-8-5-9(6-10(12)14-8)11(7-13)3-2-4-11/h5-6H,2-4,7,13H2,1H3. The molecule has 0 saturated heterocycles. The van der Waals surface area contributed by atoms with Crippen molar-refractivity contribution in [3.05, 3.63) is 28.5 Å². The van der Waals surface area contributed by atoms with Crippen LogP contribution >= 0.6 is 11.6 Å². The fourth-order valence-corrected chi connectivity index (χ4v) is 2.40. The fraction of sp³-hybridized carbons (Fsp3) is 0.545. The second-order valence-electron chi connectivity index (χ2n) is 4.16. The van der Waals surface area contributed by atoms with Gasteiger partial charge < -0.3 is 5.73 Å². The van der Waals surface area contributed by atoms with Gasteiger partial charge in [-0.05, 0) is 37.5 Å². The molecule has 0 aromatic carbocycles. The maximum atomic E-state index is 5.94. The van der Waals surface area contributed by atoms with Crippen LogP contribution in [0, 0.1) is 6.92 Å². The van der Waals surface area contributed by atoms with Crippen LogP contribution in [0.1, 0.15) is 30.5 Å². The predicted octanol–water partition coefficient (Wildman–Crippen LogP) is 2.42. The summed E-state index contributed by atoms with van der Waals surface area (Å²) in [6.45, 7) is 2.69. The van der Waals surface area contributed by atoms with Crippen molar-refractivity contribution in [2.45, 2.75) is 31.6 Å². The molecule has 1 aliphatic rings. The molecule has 1 aromatic heterocycles. The van der Waals surface area contributed by atoms with Gasteiger partial charge in [-0.1, -0.05) is 18.0 Å². The van der Waals surface area contributed by atoms with Crippen molar-refractivity contribution in [3.8, 4) is 0 Å². The molecule has 3 heteroatoms. The van der Waals surface area contributed by atoms with Crippen LogP contribution in [0.25, 0.3) is 0 Å². The minimum absolute atomic E-state index is 0.192. The summed E-state index contributed by atoms with van der Waals surface area (Å²) in [5.41, 5.74) is 8.28. The van der Waals surface area contributed by atoms with Crippen molar-refractivity contribution >= 4 is 11.6 Å². The molecule has 1 heterocycles. The van der Waals surface area contributed by atoms with E-state index in [1.54, 1.807) is 0 Å². The van der Waals surface area contributed by atoms with Crippen LogP contribution in [0.3, 0.4) is 0 Å². The number of hydrogen-bond donors (Lipinski definition) is 1. The number of nitrogens with zero attached hydrogens (tertiary/aromatic N) is 1. The lowest BCUT2D eigenvalue weighted by Crippen LogP contribution is -2.41. The quantitative estimate of drug-likeness (QED) is 0.762. The highest BCUT2D eigenvalue weighted by Gasteiger charge is 2.37. The third-order valence-electron chi connectivity index (χ3n) is 3.24. The molecule has 2 nitrogen and oxygen atoms in total. The number of hydrogen-bond acceptors (Lipinski definition) is 2. The van der Waals surface area contributed by atoms with Crippen LogP contribution in [-0.2, 0) is 5.41 Å². The molecule has 1 saturated carbocycles. The molecule has 0 amide bonds. The van der Waals surface area contributed by atoms with Crippen molar-refractivity contribution in [1.29, 1.82) is 0 Å². The summed E-state index contributed by atoms with van der Waals surface area (Å²) >= 11 is 5.94. The molecule has 2 N–H and O–H groups in total. The summed E-state index contributed by atoms with van der Waals surface area (Å²) < 4.78 is 0. The van der Waals surface area contributed by atoms with Crippen LogP contribution in [0.4, 0.5) is 0 Å². The highest BCUT2D eigenvalue weighted by Crippen LogP contribution is 2.43. The fourth-order valence-electron chi connectivity index (χ4n) is 2.15. The Kier molecular flexibility index (Phi) is 2.50. The van der Waals surface area contributed by atoms with E-state index in [9.17, 15) is 0 Å². The van der Waals surface area contributed by atoms with E-state index in [1.807, 2.05) is 13.0 Å². The second-order valence-corrected chi connectivity index (χ2v) is 4.55. The Bertz CT molecular complexity index is 319. The summed E-state index contributed by atoms with van der Waals surface area (Å²) in [4.78, 5) is 4.17. The number of nitrogens with two attached hydrogens (primary N) is 1. The monoisotopic (exact) mass is 210 g/mol. The van der Waals surface area contributed by atoms with Crippen LogP contribution in [0.15, 0.2) is 12.1 Å². The van der Waals surface area contributed by atoms with Crippen molar-refractivity contribution < 1.29 is 0 Å². The van der Waals surface area contributed by atoms with E-state index >= 15 is 0 Å². The molecular weight excluding hydrogens is 196 g/mol. The Labute approximate surface area is 89.5 Å². The molecule has 0 unspecified atom stereocenters. The molecule has 0 aliphatic heterocycles. The van der Waals surface area contributed by atoms with Gasteiger partial charge in [0.25, 0.3) is 0 Å². The first-order valence-electron chi connectivity index (χ1n) is 5.01. The van der Waals surface area contributed by atoms with Gasteiger partial charge in [-0.15, -0.1) is 0 Å². The van der Waals surface area contributed by atoms with E-state index in [4.69, 9.17) is 17.3 Å². The Morgan fingerprint density at radius 1 is 1.50 bits per heavy atom. The van der Waals surface area contributed by atoms with Gasteiger partial charge in [0.15, 0.2) is 0 Å². The highest BCUT2D eigenvalue weighted by molar-refractivity contribution is 6.29. The predicted molar refractivity (Wildman–Crippen MR) is 58.6 cm³/mol. The third kappa shape index (κ3) is 1.53. The molecule has 2 rings (SSSR count). The SMILES string of the molecule is Cc1cc(C2(CN)CCC2)cc(Cl)n1. The summed E-state index contributed by atoms with van der Waals surface area (Å²) in [5, 5.41) is 0.583. The van der Waals surface area contributed by atoms with E-state index in [1.165, 1.54) is 24.8 Å². The van der Waals surface area contributed by atoms with E-state index in [-0.39, 0.29) is 5.41 Å². The maximum Gasteiger partial charge on any atom is 0.129 e. The maximum absolute atomic E-state index is 5.94. The summed E-state index contributed by atoms with van der Waals surface area (Å²) in [5.74, 6) is 0.